The molecule has 0 aromatic heterocycles. The van der Waals surface area contributed by atoms with Crippen molar-refractivity contribution in [3.8, 4) is 11.5 Å². The molecule has 4 nitrogen and oxygen atoms in total. The number of ketones is 1. The number of Topliss-reactive ketones (excluding diaryl/α,β-unsaturated/α-hetero) is 1. The summed E-state index contributed by atoms with van der Waals surface area (Å²) < 4.78 is 11.0. The fraction of sp³-hybridized carbons (Fsp3) is 0.158. The van der Waals surface area contributed by atoms with E-state index in [4.69, 9.17) is 9.47 Å². The van der Waals surface area contributed by atoms with Crippen LogP contribution in [0, 0.1) is 6.92 Å². The molecule has 1 aliphatic rings. The summed E-state index contributed by atoms with van der Waals surface area (Å²) in [6, 6.07) is 12.0. The molecule has 0 saturated carbocycles. The van der Waals surface area contributed by atoms with Gasteiger partial charge in [0.1, 0.15) is 11.5 Å². The smallest absolute Gasteiger partial charge is 0.343 e. The standard InChI is InChI=1S/C19H16O4/c1-11(2)18-17(20)15-9-8-13(10-16(15)23-18)22-19(21)14-7-5-4-6-12(14)3/h4-10H,1-3H3. The molecule has 23 heavy (non-hydrogen) atoms. The Labute approximate surface area is 134 Å². The first-order valence-electron chi connectivity index (χ1n) is 7.29. The number of carbonyl (C=O) groups is 2. The number of hydrogen-bond acceptors (Lipinski definition) is 4. The predicted molar refractivity (Wildman–Crippen MR) is 85.9 cm³/mol. The van der Waals surface area contributed by atoms with E-state index in [1.807, 2.05) is 32.9 Å². The topological polar surface area (TPSA) is 52.6 Å². The van der Waals surface area contributed by atoms with E-state index >= 15 is 0 Å². The van der Waals surface area contributed by atoms with E-state index in [1.54, 1.807) is 30.3 Å². The highest BCUT2D eigenvalue weighted by molar-refractivity contribution is 6.12. The van der Waals surface area contributed by atoms with E-state index in [9.17, 15) is 9.59 Å². The van der Waals surface area contributed by atoms with Crippen molar-refractivity contribution in [2.24, 2.45) is 0 Å². The molecule has 2 aromatic carbocycles. The van der Waals surface area contributed by atoms with Gasteiger partial charge in [0.2, 0.25) is 5.78 Å². The predicted octanol–water partition coefficient (Wildman–Crippen LogP) is 4.08. The minimum atomic E-state index is -0.435. The van der Waals surface area contributed by atoms with Crippen molar-refractivity contribution in [3.05, 3.63) is 70.5 Å². The number of ether oxygens (including phenoxy) is 2. The van der Waals surface area contributed by atoms with Crippen LogP contribution in [0.3, 0.4) is 0 Å². The molecular weight excluding hydrogens is 292 g/mol. The summed E-state index contributed by atoms with van der Waals surface area (Å²) in [5.41, 5.74) is 2.65. The first kappa shape index (κ1) is 15.0. The van der Waals surface area contributed by atoms with Gasteiger partial charge in [-0.2, -0.15) is 0 Å². The van der Waals surface area contributed by atoms with Crippen LogP contribution in [0.2, 0.25) is 0 Å². The highest BCUT2D eigenvalue weighted by atomic mass is 16.5. The average molecular weight is 308 g/mol. The van der Waals surface area contributed by atoms with Gasteiger partial charge in [0.05, 0.1) is 11.1 Å². The molecule has 3 rings (SSSR count). The zero-order valence-corrected chi connectivity index (χ0v) is 13.2. The Hall–Kier alpha value is -2.88. The fourth-order valence-electron chi connectivity index (χ4n) is 2.41. The Morgan fingerprint density at radius 1 is 1.09 bits per heavy atom. The minimum absolute atomic E-state index is 0.142. The Bertz CT molecular complexity index is 842. The molecule has 0 atom stereocenters. The first-order chi connectivity index (χ1) is 11.0. The highest BCUT2D eigenvalue weighted by Crippen LogP contribution is 2.35. The normalized spacial score (nSPS) is 12.7. The van der Waals surface area contributed by atoms with E-state index in [2.05, 4.69) is 0 Å². The molecule has 0 fully saturated rings. The summed E-state index contributed by atoms with van der Waals surface area (Å²) in [5, 5.41) is 0. The van der Waals surface area contributed by atoms with E-state index in [0.29, 0.717) is 28.4 Å². The number of carbonyl (C=O) groups excluding carboxylic acids is 2. The van der Waals surface area contributed by atoms with E-state index in [0.717, 1.165) is 11.1 Å². The van der Waals surface area contributed by atoms with Crippen molar-refractivity contribution in [2.75, 3.05) is 0 Å². The van der Waals surface area contributed by atoms with Crippen LogP contribution >= 0.6 is 0 Å². The Kier molecular flexibility index (Phi) is 3.74. The molecule has 1 heterocycles. The van der Waals surface area contributed by atoms with Crippen molar-refractivity contribution >= 4 is 11.8 Å². The Balaban J connectivity index is 1.87. The maximum Gasteiger partial charge on any atom is 0.343 e. The van der Waals surface area contributed by atoms with Crippen molar-refractivity contribution < 1.29 is 19.1 Å². The van der Waals surface area contributed by atoms with Crippen LogP contribution in [-0.2, 0) is 0 Å². The molecular formula is C19H16O4. The molecule has 116 valence electrons. The van der Waals surface area contributed by atoms with Crippen molar-refractivity contribution in [1.82, 2.24) is 0 Å². The largest absolute Gasteiger partial charge is 0.452 e. The third-order valence-electron chi connectivity index (χ3n) is 3.65. The summed E-state index contributed by atoms with van der Waals surface area (Å²) in [6.07, 6.45) is 0. The number of benzene rings is 2. The van der Waals surface area contributed by atoms with Crippen LogP contribution in [0.4, 0.5) is 0 Å². The van der Waals surface area contributed by atoms with Gasteiger partial charge in [-0.1, -0.05) is 18.2 Å². The zero-order valence-electron chi connectivity index (χ0n) is 13.2. The molecule has 1 aliphatic heterocycles. The van der Waals surface area contributed by atoms with Gasteiger partial charge in [-0.15, -0.1) is 0 Å². The van der Waals surface area contributed by atoms with Gasteiger partial charge < -0.3 is 9.47 Å². The van der Waals surface area contributed by atoms with Gasteiger partial charge in [0, 0.05) is 6.07 Å². The van der Waals surface area contributed by atoms with Gasteiger partial charge in [-0.05, 0) is 50.1 Å². The first-order valence-corrected chi connectivity index (χ1v) is 7.29. The lowest BCUT2D eigenvalue weighted by molar-refractivity contribution is 0.0733. The Morgan fingerprint density at radius 2 is 1.83 bits per heavy atom. The van der Waals surface area contributed by atoms with Crippen LogP contribution in [-0.4, -0.2) is 11.8 Å². The minimum Gasteiger partial charge on any atom is -0.452 e. The molecule has 4 heteroatoms. The summed E-state index contributed by atoms with van der Waals surface area (Å²) in [7, 11) is 0. The lowest BCUT2D eigenvalue weighted by Gasteiger charge is -2.07. The number of esters is 1. The SMILES string of the molecule is CC(C)=C1Oc2cc(OC(=O)c3ccccc3C)ccc2C1=O. The summed E-state index contributed by atoms with van der Waals surface area (Å²) in [6.45, 7) is 5.48. The maximum absolute atomic E-state index is 12.2. The van der Waals surface area contributed by atoms with Gasteiger partial charge in [-0.25, -0.2) is 4.79 Å². The quantitative estimate of drug-likeness (QED) is 0.476. The molecule has 0 amide bonds. The van der Waals surface area contributed by atoms with Crippen LogP contribution in [0.5, 0.6) is 11.5 Å². The van der Waals surface area contributed by atoms with E-state index < -0.39 is 5.97 Å². The van der Waals surface area contributed by atoms with E-state index in [1.165, 1.54) is 0 Å². The third-order valence-corrected chi connectivity index (χ3v) is 3.65. The molecule has 0 N–H and O–H groups in total. The zero-order chi connectivity index (χ0) is 16.6. The number of aryl methyl sites for hydroxylation is 1. The van der Waals surface area contributed by atoms with Crippen LogP contribution in [0.15, 0.2) is 53.8 Å². The lowest BCUT2D eigenvalue weighted by atomic mass is 10.1. The van der Waals surface area contributed by atoms with Crippen LogP contribution < -0.4 is 9.47 Å². The maximum atomic E-state index is 12.2. The summed E-state index contributed by atoms with van der Waals surface area (Å²) in [5.74, 6) is 0.523. The van der Waals surface area contributed by atoms with Crippen LogP contribution in [0.1, 0.15) is 40.1 Å². The molecule has 0 unspecified atom stereocenters. The number of hydrogen-bond donors (Lipinski definition) is 0. The Morgan fingerprint density at radius 3 is 2.52 bits per heavy atom. The van der Waals surface area contributed by atoms with Gasteiger partial charge in [0.15, 0.2) is 5.76 Å². The average Bonchev–Trinajstić information content (AvgIpc) is 2.84. The monoisotopic (exact) mass is 308 g/mol. The van der Waals surface area contributed by atoms with Gasteiger partial charge in [-0.3, -0.25) is 4.79 Å². The lowest BCUT2D eigenvalue weighted by Crippen LogP contribution is -2.10. The van der Waals surface area contributed by atoms with Gasteiger partial charge >= 0.3 is 5.97 Å². The molecule has 0 spiro atoms. The molecule has 0 radical (unpaired) electrons. The molecule has 0 aliphatic carbocycles. The molecule has 0 bridgehead atoms. The van der Waals surface area contributed by atoms with Crippen LogP contribution in [0.25, 0.3) is 0 Å². The third kappa shape index (κ3) is 2.75. The highest BCUT2D eigenvalue weighted by Gasteiger charge is 2.28. The summed E-state index contributed by atoms with van der Waals surface area (Å²) >= 11 is 0. The number of rotatable bonds is 2. The van der Waals surface area contributed by atoms with Crippen molar-refractivity contribution in [1.29, 1.82) is 0 Å². The van der Waals surface area contributed by atoms with Gasteiger partial charge in [0.25, 0.3) is 0 Å². The fourth-order valence-corrected chi connectivity index (χ4v) is 2.41. The molecule has 2 aromatic rings. The second kappa shape index (κ2) is 5.72. The number of allylic oxidation sites excluding steroid dienone is 2. The second-order valence-corrected chi connectivity index (χ2v) is 5.62. The second-order valence-electron chi connectivity index (χ2n) is 5.62. The van der Waals surface area contributed by atoms with Crippen molar-refractivity contribution in [3.63, 3.8) is 0 Å². The number of fused-ring (bicyclic) bond motifs is 1. The summed E-state index contributed by atoms with van der Waals surface area (Å²) in [4.78, 5) is 24.4. The van der Waals surface area contributed by atoms with Crippen molar-refractivity contribution in [2.45, 2.75) is 20.8 Å². The molecule has 0 saturated heterocycles. The van der Waals surface area contributed by atoms with E-state index in [-0.39, 0.29) is 5.78 Å².